The van der Waals surface area contributed by atoms with Crippen molar-refractivity contribution in [2.24, 2.45) is 0 Å². The zero-order valence-electron chi connectivity index (χ0n) is 17.5. The molecule has 1 amide bonds. The fourth-order valence-electron chi connectivity index (χ4n) is 4.39. The van der Waals surface area contributed by atoms with Crippen molar-refractivity contribution >= 4 is 27.5 Å². The molecule has 0 bridgehead atoms. The summed E-state index contributed by atoms with van der Waals surface area (Å²) in [6, 6.07) is 35.0. The summed E-state index contributed by atoms with van der Waals surface area (Å²) in [6.07, 6.45) is 0.260. The number of amides is 1. The first-order chi connectivity index (χ1) is 15.7. The molecule has 0 aliphatic heterocycles. The Kier molecular flexibility index (Phi) is 5.30. The number of aromatic hydroxyl groups is 1. The van der Waals surface area contributed by atoms with Gasteiger partial charge in [0.25, 0.3) is 0 Å². The van der Waals surface area contributed by atoms with E-state index in [-0.39, 0.29) is 18.1 Å². The SMILES string of the molecule is O=C(Cc1cccc2ccccc12)NC(c1ccccc1)c1c(O)ccc2ccccc12. The molecular formula is C29H23NO2. The van der Waals surface area contributed by atoms with Gasteiger partial charge in [0, 0.05) is 5.56 Å². The number of phenolic OH excluding ortho intramolecular Hbond substituents is 1. The van der Waals surface area contributed by atoms with Gasteiger partial charge in [0.1, 0.15) is 5.75 Å². The monoisotopic (exact) mass is 417 g/mol. The molecule has 0 saturated heterocycles. The molecule has 3 nitrogen and oxygen atoms in total. The van der Waals surface area contributed by atoms with Crippen molar-refractivity contribution in [2.75, 3.05) is 0 Å². The van der Waals surface area contributed by atoms with Crippen molar-refractivity contribution < 1.29 is 9.90 Å². The first-order valence-corrected chi connectivity index (χ1v) is 10.7. The molecule has 1 atom stereocenters. The minimum atomic E-state index is -0.468. The van der Waals surface area contributed by atoms with Crippen LogP contribution in [0, 0.1) is 0 Å². The molecule has 0 aliphatic carbocycles. The largest absolute Gasteiger partial charge is 0.508 e. The average Bonchev–Trinajstić information content (AvgIpc) is 2.84. The Morgan fingerprint density at radius 2 is 1.31 bits per heavy atom. The Hall–Kier alpha value is -4.11. The highest BCUT2D eigenvalue weighted by atomic mass is 16.3. The molecule has 0 heterocycles. The second-order valence-electron chi connectivity index (χ2n) is 7.95. The standard InChI is InChI=1S/C29H23NO2/c31-26-18-17-21-10-5-7-16-25(21)28(26)29(22-11-2-1-3-12-22)30-27(32)19-23-14-8-13-20-9-4-6-15-24(20)23/h1-18,29,31H,19H2,(H,30,32). The zero-order chi connectivity index (χ0) is 21.9. The Balaban J connectivity index is 1.55. The van der Waals surface area contributed by atoms with E-state index in [1.165, 1.54) is 0 Å². The molecule has 3 heteroatoms. The number of hydrogen-bond acceptors (Lipinski definition) is 2. The number of nitrogens with one attached hydrogen (secondary N) is 1. The van der Waals surface area contributed by atoms with Gasteiger partial charge in [-0.2, -0.15) is 0 Å². The minimum Gasteiger partial charge on any atom is -0.508 e. The third-order valence-corrected chi connectivity index (χ3v) is 5.91. The van der Waals surface area contributed by atoms with Crippen LogP contribution < -0.4 is 5.32 Å². The molecule has 0 aromatic heterocycles. The topological polar surface area (TPSA) is 49.3 Å². The summed E-state index contributed by atoms with van der Waals surface area (Å²) in [6.45, 7) is 0. The third-order valence-electron chi connectivity index (χ3n) is 5.91. The summed E-state index contributed by atoms with van der Waals surface area (Å²) < 4.78 is 0. The molecule has 5 aromatic rings. The Bertz CT molecular complexity index is 1400. The number of benzene rings is 5. The summed E-state index contributed by atoms with van der Waals surface area (Å²) in [5.74, 6) is 0.0746. The van der Waals surface area contributed by atoms with Crippen molar-refractivity contribution in [3.63, 3.8) is 0 Å². The van der Waals surface area contributed by atoms with E-state index in [1.54, 1.807) is 6.07 Å². The summed E-state index contributed by atoms with van der Waals surface area (Å²) in [4.78, 5) is 13.3. The molecule has 2 N–H and O–H groups in total. The normalized spacial score (nSPS) is 12.0. The maximum Gasteiger partial charge on any atom is 0.225 e. The van der Waals surface area contributed by atoms with Crippen molar-refractivity contribution in [3.8, 4) is 5.75 Å². The van der Waals surface area contributed by atoms with Crippen molar-refractivity contribution in [1.82, 2.24) is 5.32 Å². The molecule has 5 rings (SSSR count). The molecule has 0 aliphatic rings. The van der Waals surface area contributed by atoms with E-state index in [2.05, 4.69) is 17.4 Å². The van der Waals surface area contributed by atoms with Crippen LogP contribution in [0.25, 0.3) is 21.5 Å². The number of carbonyl (C=O) groups excluding carboxylic acids is 1. The molecule has 0 radical (unpaired) electrons. The van der Waals surface area contributed by atoms with Crippen molar-refractivity contribution in [3.05, 3.63) is 126 Å². The second-order valence-corrected chi connectivity index (χ2v) is 7.95. The van der Waals surface area contributed by atoms with Crippen LogP contribution in [-0.2, 0) is 11.2 Å². The van der Waals surface area contributed by atoms with Gasteiger partial charge in [-0.05, 0) is 38.7 Å². The summed E-state index contributed by atoms with van der Waals surface area (Å²) in [5.41, 5.74) is 2.61. The van der Waals surface area contributed by atoms with E-state index >= 15 is 0 Å². The number of fused-ring (bicyclic) bond motifs is 2. The first-order valence-electron chi connectivity index (χ1n) is 10.7. The molecular weight excluding hydrogens is 394 g/mol. The molecule has 0 spiro atoms. The van der Waals surface area contributed by atoms with Gasteiger partial charge in [-0.3, -0.25) is 4.79 Å². The first kappa shape index (κ1) is 19.8. The lowest BCUT2D eigenvalue weighted by atomic mass is 9.92. The van der Waals surface area contributed by atoms with Crippen LogP contribution in [0.4, 0.5) is 0 Å². The smallest absolute Gasteiger partial charge is 0.225 e. The summed E-state index contributed by atoms with van der Waals surface area (Å²) in [5, 5.41) is 18.2. The zero-order valence-corrected chi connectivity index (χ0v) is 17.5. The van der Waals surface area contributed by atoms with Gasteiger partial charge in [-0.25, -0.2) is 0 Å². The number of hydrogen-bond donors (Lipinski definition) is 2. The number of phenols is 1. The van der Waals surface area contributed by atoms with Gasteiger partial charge >= 0.3 is 0 Å². The van der Waals surface area contributed by atoms with Crippen LogP contribution in [0.1, 0.15) is 22.7 Å². The minimum absolute atomic E-state index is 0.0949. The average molecular weight is 418 g/mol. The maximum atomic E-state index is 13.3. The lowest BCUT2D eigenvalue weighted by Gasteiger charge is -2.23. The van der Waals surface area contributed by atoms with Gasteiger partial charge in [-0.15, -0.1) is 0 Å². The highest BCUT2D eigenvalue weighted by Crippen LogP contribution is 2.36. The van der Waals surface area contributed by atoms with Crippen LogP contribution in [0.15, 0.2) is 109 Å². The quantitative estimate of drug-likeness (QED) is 0.360. The fourth-order valence-corrected chi connectivity index (χ4v) is 4.39. The number of carbonyl (C=O) groups is 1. The predicted octanol–water partition coefficient (Wildman–Crippen LogP) is 6.15. The van der Waals surface area contributed by atoms with Gasteiger partial charge in [0.05, 0.1) is 12.5 Å². The Labute approximate surface area is 187 Å². The van der Waals surface area contributed by atoms with Crippen molar-refractivity contribution in [1.29, 1.82) is 0 Å². The molecule has 156 valence electrons. The molecule has 1 unspecified atom stereocenters. The van der Waals surface area contributed by atoms with Crippen LogP contribution in [0.2, 0.25) is 0 Å². The van der Waals surface area contributed by atoms with Crippen molar-refractivity contribution in [2.45, 2.75) is 12.5 Å². The lowest BCUT2D eigenvalue weighted by molar-refractivity contribution is -0.120. The van der Waals surface area contributed by atoms with E-state index in [0.29, 0.717) is 5.56 Å². The van der Waals surface area contributed by atoms with E-state index in [0.717, 1.165) is 32.7 Å². The number of rotatable bonds is 5. The molecule has 0 fully saturated rings. The van der Waals surface area contributed by atoms with E-state index in [4.69, 9.17) is 0 Å². The summed E-state index contributed by atoms with van der Waals surface area (Å²) in [7, 11) is 0. The van der Waals surface area contributed by atoms with Gasteiger partial charge < -0.3 is 10.4 Å². The predicted molar refractivity (Wildman–Crippen MR) is 130 cm³/mol. The van der Waals surface area contributed by atoms with E-state index in [1.807, 2.05) is 91.0 Å². The maximum absolute atomic E-state index is 13.3. The van der Waals surface area contributed by atoms with Crippen LogP contribution in [-0.4, -0.2) is 11.0 Å². The van der Waals surface area contributed by atoms with Crippen LogP contribution in [0.3, 0.4) is 0 Å². The van der Waals surface area contributed by atoms with Gasteiger partial charge in [-0.1, -0.05) is 103 Å². The molecule has 0 saturated carbocycles. The lowest BCUT2D eigenvalue weighted by Crippen LogP contribution is -2.30. The van der Waals surface area contributed by atoms with Gasteiger partial charge in [0.2, 0.25) is 5.91 Å². The van der Waals surface area contributed by atoms with E-state index < -0.39 is 6.04 Å². The molecule has 32 heavy (non-hydrogen) atoms. The Morgan fingerprint density at radius 3 is 2.09 bits per heavy atom. The van der Waals surface area contributed by atoms with Crippen LogP contribution >= 0.6 is 0 Å². The Morgan fingerprint density at radius 1 is 0.688 bits per heavy atom. The second kappa shape index (κ2) is 8.56. The summed E-state index contributed by atoms with van der Waals surface area (Å²) >= 11 is 0. The van der Waals surface area contributed by atoms with Gasteiger partial charge in [0.15, 0.2) is 0 Å². The highest BCUT2D eigenvalue weighted by molar-refractivity contribution is 5.92. The van der Waals surface area contributed by atoms with E-state index in [9.17, 15) is 9.90 Å². The fraction of sp³-hybridized carbons (Fsp3) is 0.0690. The molecule has 5 aromatic carbocycles. The van der Waals surface area contributed by atoms with Crippen LogP contribution in [0.5, 0.6) is 5.75 Å². The third kappa shape index (κ3) is 3.81. The highest BCUT2D eigenvalue weighted by Gasteiger charge is 2.22.